The average molecular weight is 355 g/mol. The lowest BCUT2D eigenvalue weighted by molar-refractivity contribution is 0.581. The molecule has 106 valence electrons. The van der Waals surface area contributed by atoms with Gasteiger partial charge >= 0.3 is 0 Å². The zero-order chi connectivity index (χ0) is 14.8. The summed E-state index contributed by atoms with van der Waals surface area (Å²) in [6.07, 6.45) is 0. The SMILES string of the molecule is Cc1cc(N)cc(S(=O)(=O)NCc2cccc(Br)c2)c1. The van der Waals surface area contributed by atoms with Crippen molar-refractivity contribution < 1.29 is 8.42 Å². The lowest BCUT2D eigenvalue weighted by atomic mass is 10.2. The Kier molecular flexibility index (Phi) is 4.47. The van der Waals surface area contributed by atoms with Gasteiger partial charge in [0, 0.05) is 16.7 Å². The zero-order valence-corrected chi connectivity index (χ0v) is 13.3. The number of anilines is 1. The van der Waals surface area contributed by atoms with Gasteiger partial charge in [0.05, 0.1) is 4.90 Å². The van der Waals surface area contributed by atoms with Gasteiger partial charge in [-0.2, -0.15) is 0 Å². The summed E-state index contributed by atoms with van der Waals surface area (Å²) >= 11 is 3.35. The highest BCUT2D eigenvalue weighted by Gasteiger charge is 2.14. The lowest BCUT2D eigenvalue weighted by Gasteiger charge is -2.09. The van der Waals surface area contributed by atoms with Crippen molar-refractivity contribution in [2.75, 3.05) is 5.73 Å². The van der Waals surface area contributed by atoms with Crippen molar-refractivity contribution in [3.63, 3.8) is 0 Å². The first-order valence-corrected chi connectivity index (χ1v) is 8.26. The van der Waals surface area contributed by atoms with Crippen LogP contribution < -0.4 is 10.5 Å². The van der Waals surface area contributed by atoms with E-state index in [2.05, 4.69) is 20.7 Å². The van der Waals surface area contributed by atoms with Crippen LogP contribution in [0.15, 0.2) is 51.8 Å². The Hall–Kier alpha value is -1.37. The van der Waals surface area contributed by atoms with Gasteiger partial charge in [0.1, 0.15) is 0 Å². The van der Waals surface area contributed by atoms with Crippen molar-refractivity contribution in [3.8, 4) is 0 Å². The van der Waals surface area contributed by atoms with E-state index in [9.17, 15) is 8.42 Å². The normalized spacial score (nSPS) is 11.5. The Morgan fingerprint density at radius 2 is 1.95 bits per heavy atom. The fourth-order valence-corrected chi connectivity index (χ4v) is 3.44. The van der Waals surface area contributed by atoms with Crippen molar-refractivity contribution in [3.05, 3.63) is 58.1 Å². The van der Waals surface area contributed by atoms with Crippen LogP contribution in [0.25, 0.3) is 0 Å². The van der Waals surface area contributed by atoms with E-state index in [1.165, 1.54) is 6.07 Å². The van der Waals surface area contributed by atoms with E-state index in [1.54, 1.807) is 12.1 Å². The van der Waals surface area contributed by atoms with Crippen LogP contribution in [0.1, 0.15) is 11.1 Å². The number of hydrogen-bond donors (Lipinski definition) is 2. The van der Waals surface area contributed by atoms with Gasteiger partial charge in [-0.15, -0.1) is 0 Å². The molecular formula is C14H15BrN2O2S. The lowest BCUT2D eigenvalue weighted by Crippen LogP contribution is -2.23. The fraction of sp³-hybridized carbons (Fsp3) is 0.143. The fourth-order valence-electron chi connectivity index (χ4n) is 1.84. The predicted molar refractivity (Wildman–Crippen MR) is 83.8 cm³/mol. The summed E-state index contributed by atoms with van der Waals surface area (Å²) < 4.78 is 27.9. The third kappa shape index (κ3) is 3.82. The molecule has 0 bridgehead atoms. The van der Waals surface area contributed by atoms with Crippen LogP contribution in [0, 0.1) is 6.92 Å². The maximum Gasteiger partial charge on any atom is 0.240 e. The second kappa shape index (κ2) is 5.95. The molecule has 2 aromatic rings. The van der Waals surface area contributed by atoms with Gasteiger partial charge in [0.25, 0.3) is 0 Å². The molecule has 0 unspecified atom stereocenters. The molecule has 0 radical (unpaired) electrons. The summed E-state index contributed by atoms with van der Waals surface area (Å²) in [5, 5.41) is 0. The molecule has 0 saturated heterocycles. The highest BCUT2D eigenvalue weighted by atomic mass is 79.9. The molecule has 0 atom stereocenters. The number of sulfonamides is 1. The highest BCUT2D eigenvalue weighted by molar-refractivity contribution is 9.10. The number of aryl methyl sites for hydroxylation is 1. The van der Waals surface area contributed by atoms with E-state index in [-0.39, 0.29) is 11.4 Å². The zero-order valence-electron chi connectivity index (χ0n) is 10.9. The number of benzene rings is 2. The molecule has 0 aliphatic carbocycles. The maximum atomic E-state index is 12.2. The van der Waals surface area contributed by atoms with Gasteiger partial charge in [0.2, 0.25) is 10.0 Å². The van der Waals surface area contributed by atoms with Crippen LogP contribution in [-0.2, 0) is 16.6 Å². The first-order chi connectivity index (χ1) is 9.37. The van der Waals surface area contributed by atoms with Gasteiger partial charge in [0.15, 0.2) is 0 Å². The van der Waals surface area contributed by atoms with Crippen LogP contribution in [0.4, 0.5) is 5.69 Å². The van der Waals surface area contributed by atoms with Gasteiger partial charge in [-0.25, -0.2) is 13.1 Å². The van der Waals surface area contributed by atoms with E-state index in [4.69, 9.17) is 5.73 Å². The van der Waals surface area contributed by atoms with Gasteiger partial charge in [-0.05, 0) is 48.4 Å². The van der Waals surface area contributed by atoms with Crippen LogP contribution in [0.2, 0.25) is 0 Å². The van der Waals surface area contributed by atoms with Crippen LogP contribution >= 0.6 is 15.9 Å². The molecule has 0 aromatic heterocycles. The third-order valence-electron chi connectivity index (χ3n) is 2.74. The summed E-state index contributed by atoms with van der Waals surface area (Å²) in [6.45, 7) is 2.04. The first-order valence-electron chi connectivity index (χ1n) is 5.98. The maximum absolute atomic E-state index is 12.2. The molecule has 0 heterocycles. The predicted octanol–water partition coefficient (Wildman–Crippen LogP) is 2.82. The van der Waals surface area contributed by atoms with E-state index < -0.39 is 10.0 Å². The minimum absolute atomic E-state index is 0.185. The minimum atomic E-state index is -3.56. The van der Waals surface area contributed by atoms with Gasteiger partial charge in [-0.1, -0.05) is 28.1 Å². The molecule has 0 aliphatic rings. The molecule has 2 aromatic carbocycles. The molecule has 2 rings (SSSR count). The Morgan fingerprint density at radius 3 is 2.60 bits per heavy atom. The Labute approximate surface area is 127 Å². The number of nitrogens with two attached hydrogens (primary N) is 1. The van der Waals surface area contributed by atoms with E-state index in [0.29, 0.717) is 5.69 Å². The Balaban J connectivity index is 2.19. The highest BCUT2D eigenvalue weighted by Crippen LogP contribution is 2.17. The second-order valence-electron chi connectivity index (χ2n) is 4.53. The van der Waals surface area contributed by atoms with Crippen LogP contribution in [0.3, 0.4) is 0 Å². The molecule has 0 saturated carbocycles. The topological polar surface area (TPSA) is 72.2 Å². The summed E-state index contributed by atoms with van der Waals surface area (Å²) in [6, 6.07) is 12.3. The molecular weight excluding hydrogens is 340 g/mol. The van der Waals surface area contributed by atoms with E-state index in [1.807, 2.05) is 31.2 Å². The molecule has 0 amide bonds. The molecule has 20 heavy (non-hydrogen) atoms. The smallest absolute Gasteiger partial charge is 0.240 e. The van der Waals surface area contributed by atoms with Gasteiger partial charge in [-0.3, -0.25) is 0 Å². The summed E-state index contributed by atoms with van der Waals surface area (Å²) in [7, 11) is -3.56. The summed E-state index contributed by atoms with van der Waals surface area (Å²) in [5.41, 5.74) is 7.81. The van der Waals surface area contributed by atoms with E-state index >= 15 is 0 Å². The minimum Gasteiger partial charge on any atom is -0.399 e. The average Bonchev–Trinajstić information content (AvgIpc) is 2.35. The Bertz CT molecular complexity index is 709. The number of nitrogen functional groups attached to an aromatic ring is 1. The number of halogens is 1. The summed E-state index contributed by atoms with van der Waals surface area (Å²) in [4.78, 5) is 0.185. The Morgan fingerprint density at radius 1 is 1.20 bits per heavy atom. The van der Waals surface area contributed by atoms with Crippen molar-refractivity contribution in [1.82, 2.24) is 4.72 Å². The number of rotatable bonds is 4. The molecule has 0 aliphatic heterocycles. The molecule has 3 N–H and O–H groups in total. The number of hydrogen-bond acceptors (Lipinski definition) is 3. The first kappa shape index (κ1) is 15.0. The van der Waals surface area contributed by atoms with E-state index in [0.717, 1.165) is 15.6 Å². The largest absolute Gasteiger partial charge is 0.399 e. The second-order valence-corrected chi connectivity index (χ2v) is 7.22. The standard InChI is InChI=1S/C14H15BrN2O2S/c1-10-5-13(16)8-14(6-10)20(18,19)17-9-11-3-2-4-12(15)7-11/h2-8,17H,9,16H2,1H3. The monoisotopic (exact) mass is 354 g/mol. The van der Waals surface area contributed by atoms with Crippen LogP contribution in [0.5, 0.6) is 0 Å². The molecule has 0 spiro atoms. The molecule has 6 heteroatoms. The molecule has 0 fully saturated rings. The van der Waals surface area contributed by atoms with Gasteiger partial charge < -0.3 is 5.73 Å². The third-order valence-corrected chi connectivity index (χ3v) is 4.61. The van der Waals surface area contributed by atoms with Crippen molar-refractivity contribution in [1.29, 1.82) is 0 Å². The van der Waals surface area contributed by atoms with Crippen molar-refractivity contribution in [2.45, 2.75) is 18.4 Å². The van der Waals surface area contributed by atoms with Crippen LogP contribution in [-0.4, -0.2) is 8.42 Å². The van der Waals surface area contributed by atoms with Crippen molar-refractivity contribution >= 4 is 31.6 Å². The quantitative estimate of drug-likeness (QED) is 0.829. The van der Waals surface area contributed by atoms with Crippen molar-refractivity contribution in [2.24, 2.45) is 0 Å². The number of nitrogens with one attached hydrogen (secondary N) is 1. The molecule has 4 nitrogen and oxygen atoms in total. The summed E-state index contributed by atoms with van der Waals surface area (Å²) in [5.74, 6) is 0.